The number of amides is 1. The van der Waals surface area contributed by atoms with E-state index in [1.807, 2.05) is 24.3 Å². The van der Waals surface area contributed by atoms with Gasteiger partial charge in [-0.3, -0.25) is 4.79 Å². The van der Waals surface area contributed by atoms with E-state index in [2.05, 4.69) is 61.3 Å². The van der Waals surface area contributed by atoms with Crippen LogP contribution in [-0.2, 0) is 11.2 Å². The molecule has 1 amide bonds. The molecule has 0 unspecified atom stereocenters. The molecule has 0 spiro atoms. The maximum atomic E-state index is 12.3. The zero-order chi connectivity index (χ0) is 23.3. The van der Waals surface area contributed by atoms with Gasteiger partial charge in [0.25, 0.3) is 0 Å². The first kappa shape index (κ1) is 23.4. The van der Waals surface area contributed by atoms with Crippen LogP contribution in [0, 0.1) is 0 Å². The van der Waals surface area contributed by atoms with Crippen LogP contribution in [0.5, 0.6) is 11.5 Å². The Morgan fingerprint density at radius 3 is 2.50 bits per heavy atom. The minimum Gasteiger partial charge on any atom is -0.497 e. The molecule has 0 saturated heterocycles. The average molecular weight is 436 g/mol. The van der Waals surface area contributed by atoms with Gasteiger partial charge in [-0.25, -0.2) is 5.43 Å². The van der Waals surface area contributed by atoms with Gasteiger partial charge >= 0.3 is 0 Å². The number of nitrogens with one attached hydrogen (secondary N) is 1. The van der Waals surface area contributed by atoms with Crippen molar-refractivity contribution in [3.63, 3.8) is 0 Å². The van der Waals surface area contributed by atoms with E-state index in [1.165, 1.54) is 5.57 Å². The first-order valence-electron chi connectivity index (χ1n) is 10.9. The molecular formula is C26H33N3O3. The predicted molar refractivity (Wildman–Crippen MR) is 131 cm³/mol. The second-order valence-corrected chi connectivity index (χ2v) is 8.56. The minimum atomic E-state index is -0.185. The third-order valence-corrected chi connectivity index (χ3v) is 5.69. The molecule has 2 aromatic carbocycles. The standard InChI is InChI=1S/C26H33N3O3/c1-7-12-29-23-15-24(32-6)20(14-22(23)18(2)16-26(29,3)4)17-27-28-25(30)13-19-8-10-21(31-5)11-9-19/h8-11,14-17H,7,12-13H2,1-6H3,(H,28,30)/b27-17+. The van der Waals surface area contributed by atoms with Crippen LogP contribution < -0.4 is 19.8 Å². The third-order valence-electron chi connectivity index (χ3n) is 5.69. The van der Waals surface area contributed by atoms with Crippen molar-refractivity contribution < 1.29 is 14.3 Å². The first-order valence-corrected chi connectivity index (χ1v) is 10.9. The SMILES string of the molecule is CCCN1c2cc(OC)c(/C=N/NC(=O)Cc3ccc(OC)cc3)cc2C(C)=CC1(C)C. The molecule has 0 radical (unpaired) electrons. The molecule has 0 fully saturated rings. The highest BCUT2D eigenvalue weighted by atomic mass is 16.5. The highest BCUT2D eigenvalue weighted by Crippen LogP contribution is 2.41. The van der Waals surface area contributed by atoms with E-state index in [0.717, 1.165) is 46.8 Å². The van der Waals surface area contributed by atoms with Crippen molar-refractivity contribution in [2.45, 2.75) is 46.1 Å². The van der Waals surface area contributed by atoms with E-state index in [0.29, 0.717) is 0 Å². The number of allylic oxidation sites excluding steroid dienone is 1. The maximum Gasteiger partial charge on any atom is 0.244 e. The Balaban J connectivity index is 1.78. The van der Waals surface area contributed by atoms with Crippen LogP contribution in [0.4, 0.5) is 5.69 Å². The Morgan fingerprint density at radius 1 is 1.16 bits per heavy atom. The lowest BCUT2D eigenvalue weighted by molar-refractivity contribution is -0.120. The normalized spacial score (nSPS) is 14.7. The molecule has 1 aliphatic rings. The molecule has 32 heavy (non-hydrogen) atoms. The lowest BCUT2D eigenvalue weighted by Gasteiger charge is -2.43. The highest BCUT2D eigenvalue weighted by molar-refractivity contribution is 5.91. The number of anilines is 1. The topological polar surface area (TPSA) is 63.2 Å². The highest BCUT2D eigenvalue weighted by Gasteiger charge is 2.31. The second kappa shape index (κ2) is 9.90. The first-order chi connectivity index (χ1) is 15.3. The van der Waals surface area contributed by atoms with Gasteiger partial charge in [-0.1, -0.05) is 25.1 Å². The van der Waals surface area contributed by atoms with E-state index >= 15 is 0 Å². The molecule has 1 aliphatic heterocycles. The number of methoxy groups -OCH3 is 2. The number of carbonyl (C=O) groups excluding carboxylic acids is 1. The number of nitrogens with zero attached hydrogens (tertiary/aromatic N) is 2. The van der Waals surface area contributed by atoms with Gasteiger partial charge in [0.15, 0.2) is 0 Å². The Kier molecular flexibility index (Phi) is 7.23. The largest absolute Gasteiger partial charge is 0.497 e. The minimum absolute atomic E-state index is 0.0663. The summed E-state index contributed by atoms with van der Waals surface area (Å²) in [5, 5.41) is 4.18. The second-order valence-electron chi connectivity index (χ2n) is 8.56. The van der Waals surface area contributed by atoms with E-state index in [1.54, 1.807) is 20.4 Å². The molecule has 0 aromatic heterocycles. The molecule has 0 aliphatic carbocycles. The number of ether oxygens (including phenoxy) is 2. The average Bonchev–Trinajstić information content (AvgIpc) is 2.76. The van der Waals surface area contributed by atoms with E-state index in [4.69, 9.17) is 9.47 Å². The number of fused-ring (bicyclic) bond motifs is 1. The third kappa shape index (κ3) is 5.13. The molecule has 0 saturated carbocycles. The lowest BCUT2D eigenvalue weighted by atomic mass is 9.87. The Hall–Kier alpha value is -3.28. The van der Waals surface area contributed by atoms with Gasteiger partial charge in [0.2, 0.25) is 5.91 Å². The summed E-state index contributed by atoms with van der Waals surface area (Å²) in [4.78, 5) is 14.7. The molecule has 1 N–H and O–H groups in total. The number of benzene rings is 2. The van der Waals surface area contributed by atoms with Crippen molar-refractivity contribution in [3.05, 3.63) is 59.2 Å². The summed E-state index contributed by atoms with van der Waals surface area (Å²) in [5.74, 6) is 1.30. The Labute approximate surface area is 190 Å². The van der Waals surface area contributed by atoms with Gasteiger partial charge < -0.3 is 14.4 Å². The lowest BCUT2D eigenvalue weighted by Crippen LogP contribution is -2.45. The fourth-order valence-corrected chi connectivity index (χ4v) is 4.17. The molecule has 1 heterocycles. The fourth-order valence-electron chi connectivity index (χ4n) is 4.17. The fraction of sp³-hybridized carbons (Fsp3) is 0.385. The van der Waals surface area contributed by atoms with Gasteiger partial charge in [0.1, 0.15) is 11.5 Å². The van der Waals surface area contributed by atoms with Crippen LogP contribution in [0.15, 0.2) is 47.6 Å². The van der Waals surface area contributed by atoms with Crippen LogP contribution in [0.3, 0.4) is 0 Å². The molecule has 2 aromatic rings. The molecule has 170 valence electrons. The Bertz CT molecular complexity index is 1020. The number of carbonyl (C=O) groups is 1. The zero-order valence-corrected chi connectivity index (χ0v) is 19.9. The van der Waals surface area contributed by atoms with E-state index in [9.17, 15) is 4.79 Å². The zero-order valence-electron chi connectivity index (χ0n) is 19.9. The van der Waals surface area contributed by atoms with E-state index in [-0.39, 0.29) is 17.9 Å². The summed E-state index contributed by atoms with van der Waals surface area (Å²) in [7, 11) is 3.27. The van der Waals surface area contributed by atoms with Crippen molar-refractivity contribution >= 4 is 23.4 Å². The number of hydrogen-bond acceptors (Lipinski definition) is 5. The number of hydrazone groups is 1. The van der Waals surface area contributed by atoms with Crippen molar-refractivity contribution in [2.24, 2.45) is 5.10 Å². The van der Waals surface area contributed by atoms with Crippen molar-refractivity contribution in [1.82, 2.24) is 5.43 Å². The summed E-state index contributed by atoms with van der Waals surface area (Å²) in [5.41, 5.74) is 7.80. The summed E-state index contributed by atoms with van der Waals surface area (Å²) in [6, 6.07) is 11.6. The van der Waals surface area contributed by atoms with Crippen molar-refractivity contribution in [2.75, 3.05) is 25.7 Å². The summed E-state index contributed by atoms with van der Waals surface area (Å²) in [6.45, 7) is 9.74. The quantitative estimate of drug-likeness (QED) is 0.477. The van der Waals surface area contributed by atoms with Crippen molar-refractivity contribution in [3.8, 4) is 11.5 Å². The monoisotopic (exact) mass is 435 g/mol. The smallest absolute Gasteiger partial charge is 0.244 e. The Morgan fingerprint density at radius 2 is 1.88 bits per heavy atom. The number of hydrogen-bond donors (Lipinski definition) is 1. The van der Waals surface area contributed by atoms with Gasteiger partial charge in [-0.15, -0.1) is 0 Å². The number of rotatable bonds is 8. The maximum absolute atomic E-state index is 12.3. The predicted octanol–water partition coefficient (Wildman–Crippen LogP) is 4.81. The summed E-state index contributed by atoms with van der Waals surface area (Å²) >= 11 is 0. The summed E-state index contributed by atoms with van der Waals surface area (Å²) in [6.07, 6.45) is 5.24. The molecule has 0 bridgehead atoms. The van der Waals surface area contributed by atoms with Gasteiger partial charge in [-0.05, 0) is 56.5 Å². The molecule has 6 nitrogen and oxygen atoms in total. The molecule has 3 rings (SSSR count). The van der Waals surface area contributed by atoms with Crippen LogP contribution in [0.2, 0.25) is 0 Å². The van der Waals surface area contributed by atoms with Crippen molar-refractivity contribution in [1.29, 1.82) is 0 Å². The van der Waals surface area contributed by atoms with Crippen LogP contribution in [-0.4, -0.2) is 38.4 Å². The van der Waals surface area contributed by atoms with Crippen LogP contribution in [0.25, 0.3) is 5.57 Å². The van der Waals surface area contributed by atoms with Crippen LogP contribution in [0.1, 0.15) is 50.8 Å². The van der Waals surface area contributed by atoms with Gasteiger partial charge in [-0.2, -0.15) is 5.10 Å². The van der Waals surface area contributed by atoms with Crippen LogP contribution >= 0.6 is 0 Å². The molecule has 0 atom stereocenters. The molecule has 6 heteroatoms. The van der Waals surface area contributed by atoms with E-state index < -0.39 is 0 Å². The van der Waals surface area contributed by atoms with Gasteiger partial charge in [0, 0.05) is 29.4 Å². The molecular weight excluding hydrogens is 402 g/mol. The summed E-state index contributed by atoms with van der Waals surface area (Å²) < 4.78 is 10.8. The van der Waals surface area contributed by atoms with Gasteiger partial charge in [0.05, 0.1) is 32.4 Å².